The number of amides is 2. The topological polar surface area (TPSA) is 99.7 Å². The molecule has 0 unspecified atom stereocenters. The van der Waals surface area contributed by atoms with Gasteiger partial charge in [0, 0.05) is 31.7 Å². The second kappa shape index (κ2) is 10.2. The Bertz CT molecular complexity index is 966. The van der Waals surface area contributed by atoms with Crippen LogP contribution in [0.1, 0.15) is 10.4 Å². The number of likely N-dealkylation sites (N-methyl/N-ethyl adjacent to an activating group) is 1. The molecular formula is C19H20BrF3N6O3. The van der Waals surface area contributed by atoms with Gasteiger partial charge in [0.25, 0.3) is 5.91 Å². The van der Waals surface area contributed by atoms with E-state index in [0.717, 1.165) is 31.3 Å². The fourth-order valence-electron chi connectivity index (χ4n) is 2.95. The van der Waals surface area contributed by atoms with Crippen molar-refractivity contribution in [2.45, 2.75) is 6.36 Å². The van der Waals surface area contributed by atoms with Crippen molar-refractivity contribution in [1.82, 2.24) is 20.0 Å². The Balaban J connectivity index is 1.75. The van der Waals surface area contributed by atoms with Gasteiger partial charge >= 0.3 is 6.36 Å². The highest BCUT2D eigenvalue weighted by molar-refractivity contribution is 9.10. The highest BCUT2D eigenvalue weighted by atomic mass is 79.9. The average molecular weight is 517 g/mol. The smallest absolute Gasteiger partial charge is 0.404 e. The normalized spacial score (nSPS) is 15.3. The molecular weight excluding hydrogens is 497 g/mol. The summed E-state index contributed by atoms with van der Waals surface area (Å²) in [7, 11) is 1.97. The molecule has 1 aromatic carbocycles. The summed E-state index contributed by atoms with van der Waals surface area (Å²) in [6.45, 7) is 2.89. The zero-order chi connectivity index (χ0) is 23.3. The molecule has 0 aliphatic carbocycles. The van der Waals surface area contributed by atoms with Crippen LogP contribution in [0.5, 0.6) is 5.75 Å². The first-order valence-electron chi connectivity index (χ1n) is 9.50. The van der Waals surface area contributed by atoms with E-state index in [0.29, 0.717) is 17.7 Å². The van der Waals surface area contributed by atoms with E-state index in [1.807, 2.05) is 11.9 Å². The number of nitrogens with one attached hydrogen (secondary N) is 2. The van der Waals surface area contributed by atoms with Crippen molar-refractivity contribution in [2.75, 3.05) is 50.4 Å². The number of nitrogens with zero attached hydrogens (tertiary/aromatic N) is 4. The second-order valence-corrected chi connectivity index (χ2v) is 7.89. The van der Waals surface area contributed by atoms with Crippen molar-refractivity contribution in [2.24, 2.45) is 0 Å². The molecule has 0 spiro atoms. The Hall–Kier alpha value is -2.77. The van der Waals surface area contributed by atoms with Gasteiger partial charge in [-0.3, -0.25) is 14.5 Å². The maximum Gasteiger partial charge on any atom is 0.573 e. The van der Waals surface area contributed by atoms with Crippen LogP contribution in [0.2, 0.25) is 0 Å². The molecule has 1 aromatic heterocycles. The average Bonchev–Trinajstić information content (AvgIpc) is 2.71. The van der Waals surface area contributed by atoms with E-state index < -0.39 is 23.9 Å². The fraction of sp³-hybridized carbons (Fsp3) is 0.368. The van der Waals surface area contributed by atoms with Gasteiger partial charge in [0.2, 0.25) is 5.91 Å². The highest BCUT2D eigenvalue weighted by Gasteiger charge is 2.32. The SMILES string of the molecule is CN1CCN(CC(=O)Nc2cc(C(=O)Nc3ccc(Br)nn3)ccc2OC(F)(F)F)CC1. The van der Waals surface area contributed by atoms with Gasteiger partial charge in [-0.2, -0.15) is 0 Å². The highest BCUT2D eigenvalue weighted by Crippen LogP contribution is 2.31. The van der Waals surface area contributed by atoms with Gasteiger partial charge in [0.15, 0.2) is 11.6 Å². The lowest BCUT2D eigenvalue weighted by Crippen LogP contribution is -2.47. The molecule has 2 heterocycles. The van der Waals surface area contributed by atoms with Crippen molar-refractivity contribution in [3.05, 3.63) is 40.5 Å². The molecule has 172 valence electrons. The molecule has 1 saturated heterocycles. The van der Waals surface area contributed by atoms with E-state index in [2.05, 4.69) is 46.4 Å². The van der Waals surface area contributed by atoms with Crippen LogP contribution in [-0.2, 0) is 4.79 Å². The molecule has 1 fully saturated rings. The van der Waals surface area contributed by atoms with E-state index in [1.54, 1.807) is 6.07 Å². The number of hydrogen-bond donors (Lipinski definition) is 2. The lowest BCUT2D eigenvalue weighted by Gasteiger charge is -2.31. The van der Waals surface area contributed by atoms with Crippen molar-refractivity contribution in [3.63, 3.8) is 0 Å². The molecule has 3 rings (SSSR count). The lowest BCUT2D eigenvalue weighted by atomic mass is 10.1. The second-order valence-electron chi connectivity index (χ2n) is 7.08. The van der Waals surface area contributed by atoms with Gasteiger partial charge < -0.3 is 20.3 Å². The van der Waals surface area contributed by atoms with Gasteiger partial charge in [-0.1, -0.05) is 0 Å². The minimum atomic E-state index is -4.96. The number of rotatable bonds is 6. The van der Waals surface area contributed by atoms with E-state index in [-0.39, 0.29) is 23.6 Å². The number of halogens is 4. The number of benzene rings is 1. The van der Waals surface area contributed by atoms with Crippen molar-refractivity contribution in [1.29, 1.82) is 0 Å². The summed E-state index contributed by atoms with van der Waals surface area (Å²) in [4.78, 5) is 29.0. The first kappa shape index (κ1) is 23.9. The minimum absolute atomic E-state index is 0.000796. The Kier molecular flexibility index (Phi) is 7.64. The summed E-state index contributed by atoms with van der Waals surface area (Å²) < 4.78 is 42.9. The summed E-state index contributed by atoms with van der Waals surface area (Å²) in [6.07, 6.45) is -4.96. The minimum Gasteiger partial charge on any atom is -0.404 e. The molecule has 0 radical (unpaired) electrons. The third-order valence-electron chi connectivity index (χ3n) is 4.58. The maximum absolute atomic E-state index is 12.8. The molecule has 13 heteroatoms. The molecule has 0 bridgehead atoms. The van der Waals surface area contributed by atoms with Gasteiger partial charge in [-0.05, 0) is 53.3 Å². The molecule has 9 nitrogen and oxygen atoms in total. The lowest BCUT2D eigenvalue weighted by molar-refractivity contribution is -0.274. The van der Waals surface area contributed by atoms with Gasteiger partial charge in [-0.15, -0.1) is 23.4 Å². The monoisotopic (exact) mass is 516 g/mol. The van der Waals surface area contributed by atoms with Crippen LogP contribution >= 0.6 is 15.9 Å². The number of ether oxygens (including phenoxy) is 1. The van der Waals surface area contributed by atoms with Crippen LogP contribution in [0.4, 0.5) is 24.7 Å². The zero-order valence-electron chi connectivity index (χ0n) is 16.9. The van der Waals surface area contributed by atoms with Crippen LogP contribution in [0, 0.1) is 0 Å². The number of carbonyl (C=O) groups excluding carboxylic acids is 2. The van der Waals surface area contributed by atoms with E-state index >= 15 is 0 Å². The van der Waals surface area contributed by atoms with Crippen LogP contribution in [0.3, 0.4) is 0 Å². The van der Waals surface area contributed by atoms with Crippen molar-refractivity contribution in [3.8, 4) is 5.75 Å². The van der Waals surface area contributed by atoms with Crippen LogP contribution in [-0.4, -0.2) is 77.9 Å². The molecule has 0 saturated carbocycles. The van der Waals surface area contributed by atoms with Gasteiger partial charge in [-0.25, -0.2) is 0 Å². The predicted octanol–water partition coefficient (Wildman–Crippen LogP) is 2.58. The molecule has 2 aromatic rings. The maximum atomic E-state index is 12.8. The first-order chi connectivity index (χ1) is 15.1. The summed E-state index contributed by atoms with van der Waals surface area (Å²) >= 11 is 3.12. The number of anilines is 2. The molecule has 1 aliphatic rings. The molecule has 0 atom stereocenters. The van der Waals surface area contributed by atoms with Crippen LogP contribution in [0.25, 0.3) is 0 Å². The standard InChI is InChI=1S/C19H20BrF3N6O3/c1-28-6-8-29(9-7-28)11-17(30)24-13-10-12(2-3-14(13)32-19(21,22)23)18(31)25-16-5-4-15(20)26-27-16/h2-5,10H,6-9,11H2,1H3,(H,24,30)(H,25,27,31). The van der Waals surface area contributed by atoms with Crippen molar-refractivity contribution < 1.29 is 27.5 Å². The van der Waals surface area contributed by atoms with E-state index in [9.17, 15) is 22.8 Å². The summed E-state index contributed by atoms with van der Waals surface area (Å²) in [5, 5.41) is 12.4. The Morgan fingerprint density at radius 2 is 1.81 bits per heavy atom. The largest absolute Gasteiger partial charge is 0.573 e. The van der Waals surface area contributed by atoms with Crippen LogP contribution in [0.15, 0.2) is 34.9 Å². The Morgan fingerprint density at radius 3 is 2.44 bits per heavy atom. The van der Waals surface area contributed by atoms with Crippen molar-refractivity contribution >= 4 is 39.2 Å². The summed E-state index contributed by atoms with van der Waals surface area (Å²) in [6, 6.07) is 6.30. The third-order valence-corrected chi connectivity index (χ3v) is 5.00. The third kappa shape index (κ3) is 7.14. The summed E-state index contributed by atoms with van der Waals surface area (Å²) in [5.74, 6) is -1.63. The first-order valence-corrected chi connectivity index (χ1v) is 10.3. The van der Waals surface area contributed by atoms with E-state index in [4.69, 9.17) is 0 Å². The number of alkyl halides is 3. The van der Waals surface area contributed by atoms with Gasteiger partial charge in [0.1, 0.15) is 4.60 Å². The predicted molar refractivity (Wildman–Crippen MR) is 113 cm³/mol. The Labute approximate surface area is 190 Å². The number of hydrogen-bond acceptors (Lipinski definition) is 7. The number of aromatic nitrogens is 2. The number of carbonyl (C=O) groups is 2. The van der Waals surface area contributed by atoms with Gasteiger partial charge in [0.05, 0.1) is 12.2 Å². The molecule has 1 aliphatic heterocycles. The van der Waals surface area contributed by atoms with Crippen LogP contribution < -0.4 is 15.4 Å². The number of piperazine rings is 1. The van der Waals surface area contributed by atoms with E-state index in [1.165, 1.54) is 6.07 Å². The summed E-state index contributed by atoms with van der Waals surface area (Å²) in [5.41, 5.74) is -0.268. The molecule has 32 heavy (non-hydrogen) atoms. The Morgan fingerprint density at radius 1 is 1.09 bits per heavy atom. The fourth-order valence-corrected chi connectivity index (χ4v) is 3.16. The molecule has 2 N–H and O–H groups in total. The zero-order valence-corrected chi connectivity index (χ0v) is 18.5. The quantitative estimate of drug-likeness (QED) is 0.608. The molecule has 2 amide bonds.